The van der Waals surface area contributed by atoms with E-state index >= 15 is 0 Å². The van der Waals surface area contributed by atoms with Crippen LogP contribution in [-0.4, -0.2) is 15.0 Å². The maximum atomic E-state index is 5.86. The van der Waals surface area contributed by atoms with Crippen LogP contribution < -0.4 is 5.32 Å². The first-order valence-corrected chi connectivity index (χ1v) is 9.26. The van der Waals surface area contributed by atoms with Crippen molar-refractivity contribution in [1.82, 2.24) is 15.0 Å². The predicted molar refractivity (Wildman–Crippen MR) is 104 cm³/mol. The molecule has 0 atom stereocenters. The van der Waals surface area contributed by atoms with E-state index in [1.165, 1.54) is 11.3 Å². The maximum absolute atomic E-state index is 5.86. The summed E-state index contributed by atoms with van der Waals surface area (Å²) < 4.78 is 1.60. The van der Waals surface area contributed by atoms with Gasteiger partial charge < -0.3 is 10.3 Å². The predicted octanol–water partition coefficient (Wildman–Crippen LogP) is 5.71. The van der Waals surface area contributed by atoms with Crippen molar-refractivity contribution in [1.29, 1.82) is 0 Å². The molecule has 0 unspecified atom stereocenters. The Morgan fingerprint density at radius 3 is 2.96 bits per heavy atom. The van der Waals surface area contributed by atoms with Gasteiger partial charge in [0.25, 0.3) is 0 Å². The molecule has 0 fully saturated rings. The molecule has 0 aliphatic heterocycles. The molecule has 4 rings (SSSR count). The van der Waals surface area contributed by atoms with Crippen molar-refractivity contribution in [2.75, 3.05) is 5.32 Å². The Morgan fingerprint density at radius 2 is 2.12 bits per heavy atom. The van der Waals surface area contributed by atoms with Gasteiger partial charge in [0.2, 0.25) is 0 Å². The number of fused-ring (bicyclic) bond motifs is 1. The quantitative estimate of drug-likeness (QED) is 0.445. The van der Waals surface area contributed by atoms with Crippen molar-refractivity contribution in [2.45, 2.75) is 6.54 Å². The molecule has 2 aromatic heterocycles. The number of aromatic amines is 1. The Bertz CT molecular complexity index is 1010. The molecule has 4 aromatic rings. The van der Waals surface area contributed by atoms with Gasteiger partial charge in [0.1, 0.15) is 5.82 Å². The molecular formula is C17H12BrClN4S. The molecule has 0 spiro atoms. The highest BCUT2D eigenvalue weighted by atomic mass is 79.9. The van der Waals surface area contributed by atoms with Crippen LogP contribution in [0.3, 0.4) is 0 Å². The Hall–Kier alpha value is -1.89. The number of nitrogens with zero attached hydrogens (tertiary/aromatic N) is 2. The molecular weight excluding hydrogens is 408 g/mol. The zero-order chi connectivity index (χ0) is 16.5. The van der Waals surface area contributed by atoms with Crippen LogP contribution in [0.5, 0.6) is 0 Å². The highest BCUT2D eigenvalue weighted by Crippen LogP contribution is 2.25. The minimum Gasteiger partial charge on any atom is -0.380 e. The lowest BCUT2D eigenvalue weighted by Gasteiger charge is -2.06. The fraction of sp³-hybridized carbons (Fsp3) is 0.0588. The van der Waals surface area contributed by atoms with Crippen molar-refractivity contribution in [3.05, 3.63) is 62.5 Å². The van der Waals surface area contributed by atoms with Crippen LogP contribution >= 0.6 is 38.9 Å². The Balaban J connectivity index is 1.58. The van der Waals surface area contributed by atoms with E-state index in [0.29, 0.717) is 11.0 Å². The largest absolute Gasteiger partial charge is 0.380 e. The monoisotopic (exact) mass is 418 g/mol. The van der Waals surface area contributed by atoms with E-state index < -0.39 is 0 Å². The van der Waals surface area contributed by atoms with Crippen molar-refractivity contribution in [2.24, 2.45) is 0 Å². The van der Waals surface area contributed by atoms with Crippen LogP contribution in [0.4, 0.5) is 5.69 Å². The molecule has 2 N–H and O–H groups in total. The normalized spacial score (nSPS) is 11.1. The fourth-order valence-electron chi connectivity index (χ4n) is 2.45. The summed E-state index contributed by atoms with van der Waals surface area (Å²) in [6, 6.07) is 14.2. The first-order chi connectivity index (χ1) is 11.7. The average Bonchev–Trinajstić information content (AvgIpc) is 3.19. The summed E-state index contributed by atoms with van der Waals surface area (Å²) >= 11 is 10.8. The van der Waals surface area contributed by atoms with Crippen molar-refractivity contribution in [3.8, 4) is 11.4 Å². The summed E-state index contributed by atoms with van der Waals surface area (Å²) in [5.41, 5.74) is 4.02. The SMILES string of the molecule is Clc1ncc(CNc2cccc(-c3nc4ccc(Br)cc4[nH]3)c2)s1. The van der Waals surface area contributed by atoms with Gasteiger partial charge in [-0.2, -0.15) is 0 Å². The van der Waals surface area contributed by atoms with Gasteiger partial charge in [-0.3, -0.25) is 0 Å². The number of benzene rings is 2. The van der Waals surface area contributed by atoms with Crippen LogP contribution in [0.15, 0.2) is 53.1 Å². The fourth-order valence-corrected chi connectivity index (χ4v) is 3.73. The molecule has 0 radical (unpaired) electrons. The minimum absolute atomic E-state index is 0.564. The van der Waals surface area contributed by atoms with Gasteiger partial charge in [0.15, 0.2) is 4.47 Å². The molecule has 2 heterocycles. The van der Waals surface area contributed by atoms with Crippen LogP contribution in [0.1, 0.15) is 4.88 Å². The number of anilines is 1. The Morgan fingerprint density at radius 1 is 1.21 bits per heavy atom. The van der Waals surface area contributed by atoms with E-state index in [-0.39, 0.29) is 0 Å². The van der Waals surface area contributed by atoms with Gasteiger partial charge in [-0.25, -0.2) is 9.97 Å². The molecule has 120 valence electrons. The third-order valence-electron chi connectivity index (χ3n) is 3.57. The van der Waals surface area contributed by atoms with E-state index in [1.807, 2.05) is 36.4 Å². The lowest BCUT2D eigenvalue weighted by atomic mass is 10.2. The molecule has 0 bridgehead atoms. The summed E-state index contributed by atoms with van der Waals surface area (Å²) in [6.07, 6.45) is 1.79. The van der Waals surface area contributed by atoms with Crippen molar-refractivity contribution < 1.29 is 0 Å². The van der Waals surface area contributed by atoms with Crippen LogP contribution in [0, 0.1) is 0 Å². The molecule has 0 saturated heterocycles. The summed E-state index contributed by atoms with van der Waals surface area (Å²) in [5.74, 6) is 0.854. The van der Waals surface area contributed by atoms with Crippen molar-refractivity contribution >= 4 is 55.6 Å². The number of aromatic nitrogens is 3. The van der Waals surface area contributed by atoms with E-state index in [2.05, 4.69) is 42.3 Å². The number of hydrogen-bond acceptors (Lipinski definition) is 4. The average molecular weight is 420 g/mol. The zero-order valence-electron chi connectivity index (χ0n) is 12.4. The van der Waals surface area contributed by atoms with Gasteiger partial charge in [0.05, 0.1) is 17.6 Å². The molecule has 0 amide bonds. The molecule has 0 saturated carbocycles. The standard InChI is InChI=1S/C17H12BrClN4S/c18-11-4-5-14-15(7-11)23-16(22-14)10-2-1-3-12(6-10)20-8-13-9-21-17(19)24-13/h1-7,9,20H,8H2,(H,22,23). The Labute approximate surface area is 156 Å². The first-order valence-electron chi connectivity index (χ1n) is 7.27. The number of hydrogen-bond donors (Lipinski definition) is 2. The Kier molecular flexibility index (Phi) is 4.26. The number of thiazole rings is 1. The summed E-state index contributed by atoms with van der Waals surface area (Å²) in [5, 5.41) is 3.39. The molecule has 4 nitrogen and oxygen atoms in total. The van der Waals surface area contributed by atoms with E-state index in [4.69, 9.17) is 11.6 Å². The van der Waals surface area contributed by atoms with E-state index in [0.717, 1.165) is 37.5 Å². The number of nitrogens with one attached hydrogen (secondary N) is 2. The van der Waals surface area contributed by atoms with Gasteiger partial charge in [-0.15, -0.1) is 11.3 Å². The van der Waals surface area contributed by atoms with Crippen LogP contribution in [0.25, 0.3) is 22.4 Å². The van der Waals surface area contributed by atoms with Gasteiger partial charge in [-0.05, 0) is 30.3 Å². The second-order valence-corrected chi connectivity index (χ2v) is 7.87. The first kappa shape index (κ1) is 15.6. The summed E-state index contributed by atoms with van der Waals surface area (Å²) in [4.78, 5) is 13.2. The highest BCUT2D eigenvalue weighted by Gasteiger charge is 2.07. The molecule has 0 aliphatic carbocycles. The summed E-state index contributed by atoms with van der Waals surface area (Å²) in [7, 11) is 0. The van der Waals surface area contributed by atoms with Gasteiger partial charge >= 0.3 is 0 Å². The third kappa shape index (κ3) is 3.31. The lowest BCUT2D eigenvalue weighted by Crippen LogP contribution is -1.97. The van der Waals surface area contributed by atoms with Crippen LogP contribution in [0.2, 0.25) is 4.47 Å². The lowest BCUT2D eigenvalue weighted by molar-refractivity contribution is 1.17. The third-order valence-corrected chi connectivity index (χ3v) is 5.18. The van der Waals surface area contributed by atoms with Gasteiger partial charge in [-0.1, -0.05) is 39.7 Å². The molecule has 2 aromatic carbocycles. The number of H-pyrrole nitrogens is 1. The van der Waals surface area contributed by atoms with Gasteiger partial charge in [0, 0.05) is 26.8 Å². The maximum Gasteiger partial charge on any atom is 0.183 e. The minimum atomic E-state index is 0.564. The van der Waals surface area contributed by atoms with E-state index in [9.17, 15) is 0 Å². The second-order valence-electron chi connectivity index (χ2n) is 5.26. The number of imidazole rings is 1. The second kappa shape index (κ2) is 6.55. The van der Waals surface area contributed by atoms with E-state index in [1.54, 1.807) is 6.20 Å². The topological polar surface area (TPSA) is 53.6 Å². The smallest absolute Gasteiger partial charge is 0.183 e. The number of rotatable bonds is 4. The highest BCUT2D eigenvalue weighted by molar-refractivity contribution is 9.10. The molecule has 24 heavy (non-hydrogen) atoms. The number of halogens is 2. The van der Waals surface area contributed by atoms with Crippen LogP contribution in [-0.2, 0) is 6.54 Å². The zero-order valence-corrected chi connectivity index (χ0v) is 15.5. The van der Waals surface area contributed by atoms with Crippen molar-refractivity contribution in [3.63, 3.8) is 0 Å². The summed E-state index contributed by atoms with van der Waals surface area (Å²) in [6.45, 7) is 0.695. The molecule has 7 heteroatoms. The molecule has 0 aliphatic rings.